The quantitative estimate of drug-likeness (QED) is 0.410. The number of hydrogen-bond acceptors (Lipinski definition) is 7. The number of benzene rings is 1. The summed E-state index contributed by atoms with van der Waals surface area (Å²) in [5.41, 5.74) is 7.33. The number of fused-ring (bicyclic) bond motifs is 5. The van der Waals surface area contributed by atoms with Gasteiger partial charge in [0.2, 0.25) is 17.7 Å². The zero-order valence-electron chi connectivity index (χ0n) is 17.4. The van der Waals surface area contributed by atoms with Crippen LogP contribution in [0, 0.1) is 6.92 Å². The van der Waals surface area contributed by atoms with Crippen molar-refractivity contribution in [1.82, 2.24) is 29.7 Å². The highest BCUT2D eigenvalue weighted by molar-refractivity contribution is 6.17. The highest BCUT2D eigenvalue weighted by Crippen LogP contribution is 2.53. The number of anilines is 2. The molecule has 0 radical (unpaired) electrons. The molecular formula is C21H17N9O3. The largest absolute Gasteiger partial charge is 0.368 e. The number of primary amides is 1. The molecule has 0 unspecified atom stereocenters. The molecular weight excluding hydrogens is 426 g/mol. The van der Waals surface area contributed by atoms with Crippen LogP contribution in [0.1, 0.15) is 23.2 Å². The van der Waals surface area contributed by atoms with Crippen LogP contribution in [-0.2, 0) is 19.8 Å². The van der Waals surface area contributed by atoms with E-state index in [0.29, 0.717) is 45.3 Å². The van der Waals surface area contributed by atoms with Gasteiger partial charge in [0.1, 0.15) is 29.6 Å². The normalized spacial score (nSPS) is 19.1. The number of hydrogen-bond donors (Lipinski definition) is 3. The first-order valence-electron chi connectivity index (χ1n) is 10.2. The van der Waals surface area contributed by atoms with E-state index in [1.807, 2.05) is 0 Å². The second-order valence-electron chi connectivity index (χ2n) is 8.02. The Morgan fingerprint density at radius 3 is 2.85 bits per heavy atom. The summed E-state index contributed by atoms with van der Waals surface area (Å²) in [7, 11) is 0. The van der Waals surface area contributed by atoms with Gasteiger partial charge in [0, 0.05) is 17.7 Å². The Bertz CT molecular complexity index is 1500. The summed E-state index contributed by atoms with van der Waals surface area (Å²) >= 11 is 0. The van der Waals surface area contributed by atoms with Crippen molar-refractivity contribution in [2.24, 2.45) is 5.73 Å². The fraction of sp³-hybridized carbons (Fsp3) is 0.190. The average molecular weight is 443 g/mol. The Morgan fingerprint density at radius 1 is 1.21 bits per heavy atom. The number of imidazole rings is 1. The Labute approximate surface area is 185 Å². The standard InChI is InChI=1S/C21H17N9O3/c1-10-15-18(30(28-10)19-16-17(24-8-23-16)25-9-26-19)27-14(32)6-21(15)11-4-2-3-5-12(11)29(20(21)33)7-13(22)31/h2-5,8-9H,6-7H2,1H3,(H2,22,31)(H,27,32)(H,23,24,25,26)/t21-/m0/s1. The second-order valence-corrected chi connectivity index (χ2v) is 8.02. The molecule has 0 saturated heterocycles. The number of nitrogens with one attached hydrogen (secondary N) is 2. The molecule has 2 aliphatic rings. The van der Waals surface area contributed by atoms with Gasteiger partial charge in [-0.05, 0) is 18.6 Å². The number of carbonyl (C=O) groups excluding carboxylic acids is 3. The van der Waals surface area contributed by atoms with Gasteiger partial charge in [-0.1, -0.05) is 18.2 Å². The van der Waals surface area contributed by atoms with E-state index in [4.69, 9.17) is 5.73 Å². The first kappa shape index (κ1) is 19.1. The summed E-state index contributed by atoms with van der Waals surface area (Å²) < 4.78 is 1.48. The predicted octanol–water partition coefficient (Wildman–Crippen LogP) is 0.307. The third kappa shape index (κ3) is 2.42. The number of nitrogens with two attached hydrogens (primary N) is 1. The molecule has 5 heterocycles. The fourth-order valence-electron chi connectivity index (χ4n) is 4.98. The maximum atomic E-state index is 13.9. The van der Waals surface area contributed by atoms with Gasteiger partial charge in [-0.25, -0.2) is 15.0 Å². The summed E-state index contributed by atoms with van der Waals surface area (Å²) in [6.45, 7) is 1.48. The molecule has 164 valence electrons. The molecule has 12 nitrogen and oxygen atoms in total. The summed E-state index contributed by atoms with van der Waals surface area (Å²) in [6.07, 6.45) is 2.72. The minimum absolute atomic E-state index is 0.124. The van der Waals surface area contributed by atoms with E-state index in [0.717, 1.165) is 0 Å². The lowest BCUT2D eigenvalue weighted by atomic mass is 9.70. The number of rotatable bonds is 3. The molecule has 3 amide bonds. The average Bonchev–Trinajstić information content (AvgIpc) is 3.45. The molecule has 0 aliphatic carbocycles. The molecule has 1 aromatic carbocycles. The second kappa shape index (κ2) is 6.45. The van der Waals surface area contributed by atoms with Crippen LogP contribution >= 0.6 is 0 Å². The van der Waals surface area contributed by atoms with Crippen molar-refractivity contribution in [2.75, 3.05) is 16.8 Å². The van der Waals surface area contributed by atoms with Crippen LogP contribution in [0.25, 0.3) is 17.0 Å². The molecule has 0 saturated carbocycles. The lowest BCUT2D eigenvalue weighted by Crippen LogP contribution is -2.48. The topological polar surface area (TPSA) is 165 Å². The van der Waals surface area contributed by atoms with Crippen molar-refractivity contribution >= 4 is 40.4 Å². The van der Waals surface area contributed by atoms with Crippen molar-refractivity contribution in [2.45, 2.75) is 18.8 Å². The van der Waals surface area contributed by atoms with Crippen molar-refractivity contribution in [3.63, 3.8) is 0 Å². The molecule has 2 aliphatic heterocycles. The monoisotopic (exact) mass is 443 g/mol. The van der Waals surface area contributed by atoms with Crippen LogP contribution in [0.3, 0.4) is 0 Å². The van der Waals surface area contributed by atoms with Crippen LogP contribution in [0.2, 0.25) is 0 Å². The number of carbonyl (C=O) groups is 3. The zero-order chi connectivity index (χ0) is 22.9. The summed E-state index contributed by atoms with van der Waals surface area (Å²) in [5.74, 6) is -0.682. The van der Waals surface area contributed by atoms with E-state index in [2.05, 4.69) is 30.4 Å². The SMILES string of the molecule is Cc1nn(-c2ncnc3nc[nH]c23)c2c1[C@@]1(CC(=O)N2)C(=O)N(CC(N)=O)c2ccccc21. The molecule has 3 aromatic heterocycles. The maximum absolute atomic E-state index is 13.9. The summed E-state index contributed by atoms with van der Waals surface area (Å²) in [6, 6.07) is 7.11. The first-order chi connectivity index (χ1) is 15.9. The lowest BCUT2D eigenvalue weighted by molar-refractivity contribution is -0.127. The van der Waals surface area contributed by atoms with E-state index in [9.17, 15) is 14.4 Å². The van der Waals surface area contributed by atoms with Gasteiger partial charge in [-0.15, -0.1) is 0 Å². The van der Waals surface area contributed by atoms with Gasteiger partial charge in [0.15, 0.2) is 11.5 Å². The molecule has 4 N–H and O–H groups in total. The maximum Gasteiger partial charge on any atom is 0.243 e. The van der Waals surface area contributed by atoms with Gasteiger partial charge in [-0.3, -0.25) is 14.4 Å². The van der Waals surface area contributed by atoms with Crippen LogP contribution in [0.4, 0.5) is 11.5 Å². The molecule has 0 bridgehead atoms. The Hall–Kier alpha value is -4.61. The predicted molar refractivity (Wildman–Crippen MR) is 116 cm³/mol. The van der Waals surface area contributed by atoms with Crippen LogP contribution < -0.4 is 16.0 Å². The van der Waals surface area contributed by atoms with E-state index in [-0.39, 0.29) is 18.9 Å². The Morgan fingerprint density at radius 2 is 2.03 bits per heavy atom. The van der Waals surface area contributed by atoms with Crippen LogP contribution in [0.15, 0.2) is 36.9 Å². The van der Waals surface area contributed by atoms with Gasteiger partial charge in [-0.2, -0.15) is 9.78 Å². The number of aryl methyl sites for hydroxylation is 1. The highest BCUT2D eigenvalue weighted by Gasteiger charge is 2.58. The zero-order valence-corrected chi connectivity index (χ0v) is 17.4. The van der Waals surface area contributed by atoms with E-state index < -0.39 is 17.2 Å². The van der Waals surface area contributed by atoms with Crippen molar-refractivity contribution < 1.29 is 14.4 Å². The molecule has 33 heavy (non-hydrogen) atoms. The minimum Gasteiger partial charge on any atom is -0.368 e. The molecule has 6 rings (SSSR count). The van der Waals surface area contributed by atoms with Crippen LogP contribution in [0.5, 0.6) is 0 Å². The number of para-hydroxylation sites is 1. The smallest absolute Gasteiger partial charge is 0.243 e. The minimum atomic E-state index is -1.34. The Balaban J connectivity index is 1.64. The third-order valence-corrected chi connectivity index (χ3v) is 6.15. The molecule has 1 spiro atoms. The number of nitrogens with zero attached hydrogens (tertiary/aromatic N) is 6. The molecule has 0 fully saturated rings. The van der Waals surface area contributed by atoms with Gasteiger partial charge in [0.25, 0.3) is 0 Å². The first-order valence-corrected chi connectivity index (χ1v) is 10.2. The summed E-state index contributed by atoms with van der Waals surface area (Å²) in [4.78, 5) is 55.6. The third-order valence-electron chi connectivity index (χ3n) is 6.15. The van der Waals surface area contributed by atoms with Crippen LogP contribution in [-0.4, -0.2) is 54.0 Å². The van der Waals surface area contributed by atoms with Gasteiger partial charge >= 0.3 is 0 Å². The molecule has 4 aromatic rings. The molecule has 1 atom stereocenters. The van der Waals surface area contributed by atoms with E-state index in [1.54, 1.807) is 31.2 Å². The molecule has 12 heteroatoms. The fourth-order valence-corrected chi connectivity index (χ4v) is 4.98. The lowest BCUT2D eigenvalue weighted by Gasteiger charge is -2.33. The van der Waals surface area contributed by atoms with Crippen molar-refractivity contribution in [1.29, 1.82) is 0 Å². The van der Waals surface area contributed by atoms with Crippen molar-refractivity contribution in [3.05, 3.63) is 53.7 Å². The number of amides is 3. The number of aromatic nitrogens is 6. The van der Waals surface area contributed by atoms with Gasteiger partial charge in [0.05, 0.1) is 12.0 Å². The number of H-pyrrole nitrogens is 1. The van der Waals surface area contributed by atoms with E-state index >= 15 is 0 Å². The Kier molecular flexibility index (Phi) is 3.73. The van der Waals surface area contributed by atoms with Crippen molar-refractivity contribution in [3.8, 4) is 5.82 Å². The van der Waals surface area contributed by atoms with E-state index in [1.165, 1.54) is 22.2 Å². The number of aromatic amines is 1. The summed E-state index contributed by atoms with van der Waals surface area (Å²) in [5, 5.41) is 7.51. The highest BCUT2D eigenvalue weighted by atomic mass is 16.2. The van der Waals surface area contributed by atoms with Gasteiger partial charge < -0.3 is 20.9 Å².